The molecule has 0 saturated carbocycles. The molecule has 0 spiro atoms. The number of halogens is 1. The zero-order valence-corrected chi connectivity index (χ0v) is 28.4. The zero-order chi connectivity index (χ0) is 31.1. The van der Waals surface area contributed by atoms with Crippen LogP contribution in [-0.4, -0.2) is 114 Å². The summed E-state index contributed by atoms with van der Waals surface area (Å²) < 4.78 is 29.2. The van der Waals surface area contributed by atoms with Gasteiger partial charge in [0, 0.05) is 79.4 Å². The van der Waals surface area contributed by atoms with Crippen molar-refractivity contribution in [3.05, 3.63) is 48.4 Å². The highest BCUT2D eigenvalue weighted by molar-refractivity contribution is 7.83. The van der Waals surface area contributed by atoms with Crippen LogP contribution in [-0.2, 0) is 0 Å². The van der Waals surface area contributed by atoms with Crippen LogP contribution in [0.4, 0.5) is 15.9 Å². The summed E-state index contributed by atoms with van der Waals surface area (Å²) in [5.74, 6) is 0.459. The predicted octanol–water partition coefficient (Wildman–Crippen LogP) is 4.75. The van der Waals surface area contributed by atoms with E-state index in [1.807, 2.05) is 77.0 Å². The summed E-state index contributed by atoms with van der Waals surface area (Å²) >= 11 is 0. The first kappa shape index (κ1) is 33.2. The van der Waals surface area contributed by atoms with Crippen molar-refractivity contribution in [2.75, 3.05) is 84.8 Å². The first-order valence-electron chi connectivity index (χ1n) is 14.4. The third kappa shape index (κ3) is 6.69. The molecule has 3 N–H and O–H groups in total. The summed E-state index contributed by atoms with van der Waals surface area (Å²) in [7, 11) is 3.37. The number of pyridine rings is 1. The topological polar surface area (TPSA) is 90.8 Å². The van der Waals surface area contributed by atoms with Crippen LogP contribution in [0.25, 0.3) is 0 Å². The molecule has 2 fully saturated rings. The molecule has 1 aromatic carbocycles. The third-order valence-electron chi connectivity index (χ3n) is 8.25. The highest BCUT2D eigenvalue weighted by atomic mass is 31.3. The molecule has 2 aliphatic rings. The van der Waals surface area contributed by atoms with E-state index in [9.17, 15) is 9.79 Å². The summed E-state index contributed by atoms with van der Waals surface area (Å²) in [6.07, 6.45) is 1.73. The Morgan fingerprint density at radius 2 is 1.45 bits per heavy atom. The van der Waals surface area contributed by atoms with Crippen LogP contribution in [0.2, 0.25) is 0 Å². The largest absolute Gasteiger partial charge is 0.489 e. The second-order valence-electron chi connectivity index (χ2n) is 13.4. The number of hydrogen-bond donors (Lipinski definition) is 3. The van der Waals surface area contributed by atoms with Gasteiger partial charge in [0.2, 0.25) is 0 Å². The van der Waals surface area contributed by atoms with Crippen molar-refractivity contribution in [2.45, 2.75) is 33.2 Å². The van der Waals surface area contributed by atoms with E-state index in [1.165, 1.54) is 6.07 Å². The standard InChI is InChI=1S/C29H50FN7O3P2/c1-28(2)19-34(6)41(38,35(7)20-28)27(42(39)36(8)21-29(3,4)22-37(42)9)32-23-13-14-25(24(30)18-23)40-17-16-33(5)26-12-10-11-15-31-26/h10-15,18,27,32,38-39H,16-17,19-22H2,1-9H3/q+2. The first-order valence-corrected chi connectivity index (χ1v) is 17.8. The van der Waals surface area contributed by atoms with Crippen molar-refractivity contribution in [3.8, 4) is 5.75 Å². The van der Waals surface area contributed by atoms with Crippen LogP contribution < -0.4 is 15.0 Å². The lowest BCUT2D eigenvalue weighted by Crippen LogP contribution is -2.58. The molecule has 2 saturated heterocycles. The van der Waals surface area contributed by atoms with E-state index >= 15 is 4.39 Å². The van der Waals surface area contributed by atoms with Gasteiger partial charge in [-0.15, -0.1) is 18.7 Å². The third-order valence-corrected chi connectivity index (χ3v) is 16.3. The van der Waals surface area contributed by atoms with Crippen molar-refractivity contribution in [2.24, 2.45) is 10.8 Å². The molecule has 234 valence electrons. The van der Waals surface area contributed by atoms with E-state index in [-0.39, 0.29) is 23.2 Å². The van der Waals surface area contributed by atoms with Gasteiger partial charge in [0.15, 0.2) is 11.6 Å². The average molecular weight is 626 g/mol. The van der Waals surface area contributed by atoms with Gasteiger partial charge in [0.25, 0.3) is 0 Å². The quantitative estimate of drug-likeness (QED) is 0.340. The second kappa shape index (κ2) is 12.4. The van der Waals surface area contributed by atoms with Gasteiger partial charge in [-0.2, -0.15) is 0 Å². The monoisotopic (exact) mass is 625 g/mol. The van der Waals surface area contributed by atoms with Crippen LogP contribution in [0.5, 0.6) is 5.75 Å². The van der Waals surface area contributed by atoms with Gasteiger partial charge in [-0.05, 0) is 35.1 Å². The molecular weight excluding hydrogens is 575 g/mol. The van der Waals surface area contributed by atoms with Crippen molar-refractivity contribution in [1.29, 1.82) is 0 Å². The Labute approximate surface area is 252 Å². The highest BCUT2D eigenvalue weighted by Crippen LogP contribution is 2.82. The Bertz CT molecular complexity index is 1150. The van der Waals surface area contributed by atoms with Crippen molar-refractivity contribution >= 4 is 27.1 Å². The Balaban J connectivity index is 1.60. The average Bonchev–Trinajstić information content (AvgIpc) is 2.89. The lowest BCUT2D eigenvalue weighted by Gasteiger charge is -2.52. The molecule has 2 aromatic rings. The van der Waals surface area contributed by atoms with E-state index in [0.717, 1.165) is 5.82 Å². The van der Waals surface area contributed by atoms with Gasteiger partial charge < -0.3 is 15.0 Å². The Hall–Kier alpha value is -1.68. The molecule has 42 heavy (non-hydrogen) atoms. The maximum absolute atomic E-state index is 15.4. The van der Waals surface area contributed by atoms with Gasteiger partial charge >= 0.3 is 21.1 Å². The molecule has 2 aliphatic heterocycles. The molecule has 10 nitrogen and oxygen atoms in total. The normalized spacial score (nSPS) is 22.7. The highest BCUT2D eigenvalue weighted by Gasteiger charge is 2.75. The molecule has 0 aliphatic carbocycles. The number of nitrogens with one attached hydrogen (secondary N) is 1. The van der Waals surface area contributed by atoms with Crippen LogP contribution >= 0.6 is 15.6 Å². The number of hydrogen-bond acceptors (Lipinski definition) is 10. The molecule has 3 heterocycles. The van der Waals surface area contributed by atoms with E-state index in [4.69, 9.17) is 4.74 Å². The number of ether oxygens (including phenoxy) is 1. The number of rotatable bonds is 9. The first-order chi connectivity index (χ1) is 19.5. The van der Waals surface area contributed by atoms with E-state index in [0.29, 0.717) is 38.4 Å². The fraction of sp³-hybridized carbons (Fsp3) is 0.621. The fourth-order valence-electron chi connectivity index (χ4n) is 6.49. The van der Waals surface area contributed by atoms with Gasteiger partial charge in [-0.1, -0.05) is 33.8 Å². The number of nitrogens with zero attached hydrogens (tertiary/aromatic N) is 6. The zero-order valence-electron chi connectivity index (χ0n) is 26.6. The minimum Gasteiger partial charge on any atom is -0.489 e. The lowest BCUT2D eigenvalue weighted by molar-refractivity contribution is 0.157. The molecule has 0 atom stereocenters. The van der Waals surface area contributed by atoms with Crippen LogP contribution in [0.3, 0.4) is 0 Å². The van der Waals surface area contributed by atoms with Crippen LogP contribution in [0.15, 0.2) is 42.6 Å². The number of aromatic nitrogens is 1. The summed E-state index contributed by atoms with van der Waals surface area (Å²) in [6, 6.07) is 10.5. The number of anilines is 2. The lowest BCUT2D eigenvalue weighted by atomic mass is 9.93. The molecule has 1 aromatic heterocycles. The summed E-state index contributed by atoms with van der Waals surface area (Å²) in [5, 5.41) is 3.46. The van der Waals surface area contributed by atoms with Gasteiger partial charge in [0.1, 0.15) is 12.4 Å². The molecule has 0 bridgehead atoms. The van der Waals surface area contributed by atoms with E-state index in [2.05, 4.69) is 38.0 Å². The minimum atomic E-state index is -3.13. The Kier molecular flexibility index (Phi) is 9.78. The van der Waals surface area contributed by atoms with E-state index in [1.54, 1.807) is 18.3 Å². The molecular formula is C29H50FN7O3P2+2. The van der Waals surface area contributed by atoms with Crippen LogP contribution in [0.1, 0.15) is 27.7 Å². The molecule has 0 radical (unpaired) electrons. The molecule has 4 rings (SSSR count). The fourth-order valence-corrected chi connectivity index (χ4v) is 15.8. The smallest absolute Gasteiger partial charge is 0.357 e. The van der Waals surface area contributed by atoms with Crippen LogP contribution in [0, 0.1) is 16.6 Å². The SMILES string of the molecule is CN(CCOc1ccc(NC([P+]2(O)N(C)CC(C)(C)CN2C)[P+]2(O)N(C)CC(C)(C)CN2C)cc1F)c1ccccn1. The number of likely N-dealkylation sites (N-methyl/N-ethyl adjacent to an activating group) is 1. The second-order valence-corrected chi connectivity index (χ2v) is 20.1. The molecule has 0 unspecified atom stereocenters. The van der Waals surface area contributed by atoms with Gasteiger partial charge in [-0.3, -0.25) is 0 Å². The Morgan fingerprint density at radius 1 is 0.929 bits per heavy atom. The molecule has 0 amide bonds. The minimum absolute atomic E-state index is 0.0383. The van der Waals surface area contributed by atoms with Gasteiger partial charge in [0.05, 0.1) is 6.54 Å². The molecule has 13 heteroatoms. The Morgan fingerprint density at radius 3 is 1.90 bits per heavy atom. The van der Waals surface area contributed by atoms with Crippen molar-refractivity contribution in [1.82, 2.24) is 23.7 Å². The maximum atomic E-state index is 15.4. The van der Waals surface area contributed by atoms with Crippen molar-refractivity contribution < 1.29 is 18.9 Å². The summed E-state index contributed by atoms with van der Waals surface area (Å²) in [4.78, 5) is 31.5. The summed E-state index contributed by atoms with van der Waals surface area (Å²) in [5.41, 5.74) is -0.344. The van der Waals surface area contributed by atoms with Gasteiger partial charge in [-0.25, -0.2) is 19.2 Å². The van der Waals surface area contributed by atoms with Crippen molar-refractivity contribution in [3.63, 3.8) is 0 Å². The maximum Gasteiger partial charge on any atom is 0.357 e. The van der Waals surface area contributed by atoms with E-state index < -0.39 is 26.9 Å². The summed E-state index contributed by atoms with van der Waals surface area (Å²) in [6.45, 7) is 12.2. The predicted molar refractivity (Wildman–Crippen MR) is 173 cm³/mol. The number of benzene rings is 1.